The molecule has 0 aliphatic carbocycles. The topological polar surface area (TPSA) is 78.9 Å². The lowest BCUT2D eigenvalue weighted by Crippen LogP contribution is -2.47. The molecule has 90 valence electrons. The number of hydrogen-bond donors (Lipinski definition) is 2. The van der Waals surface area contributed by atoms with Crippen molar-refractivity contribution in [1.82, 2.24) is 9.03 Å². The molecule has 6 nitrogen and oxygen atoms in total. The van der Waals surface area contributed by atoms with Crippen LogP contribution in [0.4, 0.5) is 0 Å². The molecule has 0 bridgehead atoms. The molecule has 15 heavy (non-hydrogen) atoms. The Morgan fingerprint density at radius 1 is 1.47 bits per heavy atom. The highest BCUT2D eigenvalue weighted by Crippen LogP contribution is 2.11. The van der Waals surface area contributed by atoms with Crippen molar-refractivity contribution in [2.24, 2.45) is 0 Å². The molecule has 0 aromatic heterocycles. The van der Waals surface area contributed by atoms with Crippen LogP contribution in [0, 0.1) is 0 Å². The van der Waals surface area contributed by atoms with Gasteiger partial charge in [0.1, 0.15) is 0 Å². The SMILES string of the molecule is COCC(CO)NS(=O)(=O)N1CCCC1. The van der Waals surface area contributed by atoms with E-state index in [9.17, 15) is 8.42 Å². The van der Waals surface area contributed by atoms with Gasteiger partial charge in [-0.05, 0) is 12.8 Å². The second kappa shape index (κ2) is 5.76. The van der Waals surface area contributed by atoms with E-state index >= 15 is 0 Å². The fourth-order valence-electron chi connectivity index (χ4n) is 1.54. The van der Waals surface area contributed by atoms with Crippen LogP contribution in [0.1, 0.15) is 12.8 Å². The minimum Gasteiger partial charge on any atom is -0.395 e. The van der Waals surface area contributed by atoms with Crippen LogP contribution in [-0.4, -0.2) is 57.3 Å². The molecule has 1 rings (SSSR count). The maximum Gasteiger partial charge on any atom is 0.279 e. The second-order valence-corrected chi connectivity index (χ2v) is 5.27. The van der Waals surface area contributed by atoms with E-state index in [1.165, 1.54) is 11.4 Å². The van der Waals surface area contributed by atoms with Gasteiger partial charge in [0.15, 0.2) is 0 Å². The van der Waals surface area contributed by atoms with Gasteiger partial charge in [0, 0.05) is 20.2 Å². The number of aliphatic hydroxyl groups is 1. The quantitative estimate of drug-likeness (QED) is 0.617. The number of ether oxygens (including phenoxy) is 1. The van der Waals surface area contributed by atoms with Crippen molar-refractivity contribution in [2.75, 3.05) is 33.4 Å². The molecule has 1 fully saturated rings. The first-order chi connectivity index (χ1) is 7.10. The van der Waals surface area contributed by atoms with E-state index in [1.54, 1.807) is 0 Å². The summed E-state index contributed by atoms with van der Waals surface area (Å²) in [5, 5.41) is 8.94. The molecule has 1 unspecified atom stereocenters. The number of nitrogens with zero attached hydrogens (tertiary/aromatic N) is 1. The molecule has 2 N–H and O–H groups in total. The third-order valence-corrected chi connectivity index (χ3v) is 3.98. The Labute approximate surface area is 90.4 Å². The van der Waals surface area contributed by atoms with Crippen molar-refractivity contribution >= 4 is 10.2 Å². The molecule has 7 heteroatoms. The fraction of sp³-hybridized carbons (Fsp3) is 1.00. The van der Waals surface area contributed by atoms with Gasteiger partial charge < -0.3 is 9.84 Å². The van der Waals surface area contributed by atoms with E-state index < -0.39 is 16.3 Å². The highest BCUT2D eigenvalue weighted by Gasteiger charge is 2.27. The smallest absolute Gasteiger partial charge is 0.279 e. The summed E-state index contributed by atoms with van der Waals surface area (Å²) in [7, 11) is -1.99. The Morgan fingerprint density at radius 2 is 2.07 bits per heavy atom. The van der Waals surface area contributed by atoms with Gasteiger partial charge >= 0.3 is 0 Å². The van der Waals surface area contributed by atoms with Gasteiger partial charge in [-0.1, -0.05) is 0 Å². The molecule has 0 amide bonds. The minimum absolute atomic E-state index is 0.170. The highest BCUT2D eigenvalue weighted by molar-refractivity contribution is 7.87. The van der Waals surface area contributed by atoms with Crippen molar-refractivity contribution in [2.45, 2.75) is 18.9 Å². The Morgan fingerprint density at radius 3 is 2.53 bits per heavy atom. The zero-order chi connectivity index (χ0) is 11.3. The third-order valence-electron chi connectivity index (χ3n) is 2.31. The molecular weight excluding hydrogens is 220 g/mol. The van der Waals surface area contributed by atoms with Gasteiger partial charge in [-0.3, -0.25) is 0 Å². The Balaban J connectivity index is 2.53. The largest absolute Gasteiger partial charge is 0.395 e. The molecule has 1 atom stereocenters. The van der Waals surface area contributed by atoms with Gasteiger partial charge in [-0.25, -0.2) is 0 Å². The highest BCUT2D eigenvalue weighted by atomic mass is 32.2. The molecule has 0 saturated carbocycles. The summed E-state index contributed by atoms with van der Waals surface area (Å²) in [5.74, 6) is 0. The summed E-state index contributed by atoms with van der Waals surface area (Å²) in [4.78, 5) is 0. The molecule has 0 spiro atoms. The normalized spacial score (nSPS) is 20.7. The lowest BCUT2D eigenvalue weighted by molar-refractivity contribution is 0.138. The Hall–Kier alpha value is -0.210. The van der Waals surface area contributed by atoms with E-state index in [0.717, 1.165) is 12.8 Å². The lowest BCUT2D eigenvalue weighted by atomic mass is 10.4. The maximum absolute atomic E-state index is 11.7. The average molecular weight is 238 g/mol. The van der Waals surface area contributed by atoms with Gasteiger partial charge in [-0.15, -0.1) is 0 Å². The summed E-state index contributed by atoms with van der Waals surface area (Å²) >= 11 is 0. The predicted molar refractivity (Wildman–Crippen MR) is 55.6 cm³/mol. The van der Waals surface area contributed by atoms with Crippen LogP contribution in [0.25, 0.3) is 0 Å². The number of methoxy groups -OCH3 is 1. The van der Waals surface area contributed by atoms with Crippen LogP contribution in [0.3, 0.4) is 0 Å². The van der Waals surface area contributed by atoms with Crippen LogP contribution in [0.2, 0.25) is 0 Å². The van der Waals surface area contributed by atoms with Gasteiger partial charge in [-0.2, -0.15) is 17.4 Å². The van der Waals surface area contributed by atoms with Crippen molar-refractivity contribution in [3.05, 3.63) is 0 Å². The van der Waals surface area contributed by atoms with E-state index in [2.05, 4.69) is 4.72 Å². The third kappa shape index (κ3) is 3.69. The van der Waals surface area contributed by atoms with Gasteiger partial charge in [0.2, 0.25) is 0 Å². The van der Waals surface area contributed by atoms with Gasteiger partial charge in [0.25, 0.3) is 10.2 Å². The van der Waals surface area contributed by atoms with Crippen LogP contribution < -0.4 is 4.72 Å². The molecule has 1 aliphatic heterocycles. The van der Waals surface area contributed by atoms with Crippen LogP contribution in [0.15, 0.2) is 0 Å². The van der Waals surface area contributed by atoms with Crippen molar-refractivity contribution in [1.29, 1.82) is 0 Å². The van der Waals surface area contributed by atoms with Crippen LogP contribution >= 0.6 is 0 Å². The molecule has 1 aliphatic rings. The molecule has 0 aromatic rings. The monoisotopic (exact) mass is 238 g/mol. The Kier molecular flexibility index (Phi) is 4.94. The summed E-state index contributed by atoms with van der Waals surface area (Å²) in [6, 6.07) is -0.569. The van der Waals surface area contributed by atoms with Crippen LogP contribution in [0.5, 0.6) is 0 Å². The lowest BCUT2D eigenvalue weighted by Gasteiger charge is -2.20. The number of rotatable bonds is 6. The maximum atomic E-state index is 11.7. The average Bonchev–Trinajstić information content (AvgIpc) is 2.70. The van der Waals surface area contributed by atoms with Crippen molar-refractivity contribution < 1.29 is 18.3 Å². The summed E-state index contributed by atoms with van der Waals surface area (Å²) in [6.45, 7) is 1.02. The number of nitrogens with one attached hydrogen (secondary N) is 1. The first-order valence-electron chi connectivity index (χ1n) is 4.97. The van der Waals surface area contributed by atoms with Gasteiger partial charge in [0.05, 0.1) is 19.3 Å². The summed E-state index contributed by atoms with van der Waals surface area (Å²) in [5.41, 5.74) is 0. The molecule has 0 aromatic carbocycles. The van der Waals surface area contributed by atoms with Crippen LogP contribution in [-0.2, 0) is 14.9 Å². The number of aliphatic hydroxyl groups excluding tert-OH is 1. The summed E-state index contributed by atoms with van der Waals surface area (Å²) < 4.78 is 32.1. The standard InChI is InChI=1S/C8H18N2O4S/c1-14-7-8(6-11)9-15(12,13)10-4-2-3-5-10/h8-9,11H,2-7H2,1H3. The van der Waals surface area contributed by atoms with Crippen molar-refractivity contribution in [3.8, 4) is 0 Å². The van der Waals surface area contributed by atoms with Crippen molar-refractivity contribution in [3.63, 3.8) is 0 Å². The zero-order valence-electron chi connectivity index (χ0n) is 8.85. The zero-order valence-corrected chi connectivity index (χ0v) is 9.66. The second-order valence-electron chi connectivity index (χ2n) is 3.56. The molecule has 0 radical (unpaired) electrons. The van der Waals surface area contributed by atoms with E-state index in [4.69, 9.17) is 9.84 Å². The molecule has 1 saturated heterocycles. The Bertz CT molecular complexity index is 274. The fourth-order valence-corrected chi connectivity index (χ4v) is 2.99. The summed E-state index contributed by atoms with van der Waals surface area (Å²) in [6.07, 6.45) is 1.80. The first kappa shape index (κ1) is 12.9. The van der Waals surface area contributed by atoms with E-state index in [1.807, 2.05) is 0 Å². The predicted octanol–water partition coefficient (Wildman–Crippen LogP) is -1.08. The number of hydrogen-bond acceptors (Lipinski definition) is 4. The first-order valence-corrected chi connectivity index (χ1v) is 6.41. The van der Waals surface area contributed by atoms with E-state index in [0.29, 0.717) is 13.1 Å². The minimum atomic E-state index is -3.45. The molecule has 1 heterocycles. The van der Waals surface area contributed by atoms with E-state index in [-0.39, 0.29) is 13.2 Å². The molecular formula is C8H18N2O4S.